The van der Waals surface area contributed by atoms with Crippen molar-refractivity contribution in [3.05, 3.63) is 100 Å². The van der Waals surface area contributed by atoms with E-state index in [-0.39, 0.29) is 0 Å². The summed E-state index contributed by atoms with van der Waals surface area (Å²) in [4.78, 5) is 0. The van der Waals surface area contributed by atoms with Gasteiger partial charge in [-0.3, -0.25) is 0 Å². The number of hydrogen-bond acceptors (Lipinski definition) is 0. The lowest BCUT2D eigenvalue weighted by Crippen LogP contribution is -1.88. The molecule has 154 valence electrons. The Morgan fingerprint density at radius 3 is 1.79 bits per heavy atom. The molecule has 0 bridgehead atoms. The van der Waals surface area contributed by atoms with Gasteiger partial charge in [-0.2, -0.15) is 0 Å². The van der Waals surface area contributed by atoms with E-state index in [2.05, 4.69) is 107 Å². The van der Waals surface area contributed by atoms with Crippen molar-refractivity contribution < 1.29 is 0 Å². The first kappa shape index (κ1) is 24.4. The van der Waals surface area contributed by atoms with Crippen LogP contribution in [-0.2, 0) is 6.42 Å². The van der Waals surface area contributed by atoms with Gasteiger partial charge >= 0.3 is 0 Å². The second kappa shape index (κ2) is 12.8. The van der Waals surface area contributed by atoms with Gasteiger partial charge in [0.05, 0.1) is 0 Å². The fourth-order valence-electron chi connectivity index (χ4n) is 3.37. The third kappa shape index (κ3) is 7.38. The van der Waals surface area contributed by atoms with Crippen LogP contribution < -0.4 is 0 Å². The molecule has 0 aliphatic rings. The number of allylic oxidation sites excluding steroid dienone is 1. The van der Waals surface area contributed by atoms with Crippen LogP contribution in [0.1, 0.15) is 61.1 Å². The van der Waals surface area contributed by atoms with Crippen molar-refractivity contribution >= 4 is 6.08 Å². The molecule has 0 aliphatic heterocycles. The maximum Gasteiger partial charge on any atom is -0.0125 e. The van der Waals surface area contributed by atoms with E-state index >= 15 is 0 Å². The number of rotatable bonds is 3. The molecule has 0 radical (unpaired) electrons. The van der Waals surface area contributed by atoms with E-state index in [1.807, 2.05) is 20.8 Å². The van der Waals surface area contributed by atoms with E-state index in [4.69, 9.17) is 0 Å². The average Bonchev–Trinajstić information content (AvgIpc) is 2.73. The average molecular weight is 387 g/mol. The van der Waals surface area contributed by atoms with Crippen LogP contribution in [0.3, 0.4) is 0 Å². The van der Waals surface area contributed by atoms with Crippen LogP contribution in [0.5, 0.6) is 0 Å². The first-order chi connectivity index (χ1) is 14.0. The van der Waals surface area contributed by atoms with Gasteiger partial charge in [0.25, 0.3) is 0 Å². The van der Waals surface area contributed by atoms with Crippen LogP contribution in [0.25, 0.3) is 17.2 Å². The van der Waals surface area contributed by atoms with Gasteiger partial charge in [-0.05, 0) is 80.0 Å². The van der Waals surface area contributed by atoms with Crippen LogP contribution in [-0.4, -0.2) is 0 Å². The fraction of sp³-hybridized carbons (Fsp3) is 0.310. The van der Waals surface area contributed by atoms with Crippen molar-refractivity contribution in [3.63, 3.8) is 0 Å². The van der Waals surface area contributed by atoms with E-state index in [1.165, 1.54) is 44.5 Å². The minimum Gasteiger partial charge on any atom is -0.0871 e. The molecule has 0 heteroatoms. The Labute approximate surface area is 179 Å². The Morgan fingerprint density at radius 2 is 1.31 bits per heavy atom. The Kier molecular flexibility index (Phi) is 10.8. The minimum atomic E-state index is 1.10. The lowest BCUT2D eigenvalue weighted by atomic mass is 9.95. The minimum absolute atomic E-state index is 1.10. The standard InChI is InChI=1S/C16H18.C11H14.C2H6/c1-4-14-8-10-15(11-9-14)16-12(2)6-5-7-13(16)3;1-4-5-11-7-6-9(2)8-10(11)3;1-2/h5-11H,4H2,1-3H3;4-8H,1-3H3;1-2H3/b;5-4-;. The molecular formula is C29H38. The topological polar surface area (TPSA) is 0 Å². The fourth-order valence-corrected chi connectivity index (χ4v) is 3.37. The highest BCUT2D eigenvalue weighted by Crippen LogP contribution is 2.27. The van der Waals surface area contributed by atoms with Crippen molar-refractivity contribution in [1.29, 1.82) is 0 Å². The van der Waals surface area contributed by atoms with E-state index in [1.54, 1.807) is 0 Å². The van der Waals surface area contributed by atoms with Crippen LogP contribution in [0.2, 0.25) is 0 Å². The van der Waals surface area contributed by atoms with E-state index in [0.717, 1.165) is 6.42 Å². The molecule has 3 aromatic carbocycles. The SMILES string of the molecule is C/C=C\c1ccc(C)cc1C.CC.CCc1ccc(-c2c(C)cccc2C)cc1. The summed E-state index contributed by atoms with van der Waals surface area (Å²) >= 11 is 0. The third-order valence-corrected chi connectivity index (χ3v) is 4.90. The molecule has 0 spiro atoms. The van der Waals surface area contributed by atoms with Gasteiger partial charge < -0.3 is 0 Å². The zero-order chi connectivity index (χ0) is 21.8. The van der Waals surface area contributed by atoms with Crippen molar-refractivity contribution in [3.8, 4) is 11.1 Å². The molecule has 0 saturated carbocycles. The highest BCUT2D eigenvalue weighted by atomic mass is 14.1. The van der Waals surface area contributed by atoms with Gasteiger partial charge in [0, 0.05) is 0 Å². The largest absolute Gasteiger partial charge is 0.0871 e. The van der Waals surface area contributed by atoms with Gasteiger partial charge in [-0.15, -0.1) is 0 Å². The molecule has 3 aromatic rings. The molecule has 0 aromatic heterocycles. The summed E-state index contributed by atoms with van der Waals surface area (Å²) in [6.07, 6.45) is 5.31. The lowest BCUT2D eigenvalue weighted by Gasteiger charge is -2.10. The first-order valence-electron chi connectivity index (χ1n) is 10.8. The van der Waals surface area contributed by atoms with Gasteiger partial charge in [0.2, 0.25) is 0 Å². The molecule has 0 nitrogen and oxygen atoms in total. The van der Waals surface area contributed by atoms with Gasteiger partial charge in [-0.25, -0.2) is 0 Å². The second-order valence-electron chi connectivity index (χ2n) is 7.18. The number of hydrogen-bond donors (Lipinski definition) is 0. The summed E-state index contributed by atoms with van der Waals surface area (Å²) in [5.74, 6) is 0. The van der Waals surface area contributed by atoms with Crippen LogP contribution in [0.4, 0.5) is 0 Å². The molecule has 0 fully saturated rings. The summed E-state index contributed by atoms with van der Waals surface area (Å²) in [5, 5.41) is 0. The molecule has 0 N–H and O–H groups in total. The van der Waals surface area contributed by atoms with Crippen LogP contribution >= 0.6 is 0 Å². The highest BCUT2D eigenvalue weighted by molar-refractivity contribution is 5.70. The lowest BCUT2D eigenvalue weighted by molar-refractivity contribution is 1.14. The number of benzene rings is 3. The summed E-state index contributed by atoms with van der Waals surface area (Å²) < 4.78 is 0. The molecular weight excluding hydrogens is 348 g/mol. The Morgan fingerprint density at radius 1 is 0.724 bits per heavy atom. The summed E-state index contributed by atoms with van der Waals surface area (Å²) in [6, 6.07) is 21.9. The molecule has 0 unspecified atom stereocenters. The van der Waals surface area contributed by atoms with Crippen molar-refractivity contribution in [2.45, 2.75) is 61.8 Å². The smallest absolute Gasteiger partial charge is 0.0125 e. The predicted octanol–water partition coefficient (Wildman–Crippen LogP) is 8.90. The zero-order valence-electron chi connectivity index (χ0n) is 19.6. The summed E-state index contributed by atoms with van der Waals surface area (Å²) in [5.41, 5.74) is 10.8. The van der Waals surface area contributed by atoms with Crippen molar-refractivity contribution in [2.75, 3.05) is 0 Å². The van der Waals surface area contributed by atoms with Gasteiger partial charge in [-0.1, -0.05) is 99.2 Å². The highest BCUT2D eigenvalue weighted by Gasteiger charge is 2.04. The molecule has 0 saturated heterocycles. The van der Waals surface area contributed by atoms with Crippen LogP contribution in [0.15, 0.2) is 66.7 Å². The Balaban J connectivity index is 0.000000284. The molecule has 3 rings (SSSR count). The molecule has 0 heterocycles. The van der Waals surface area contributed by atoms with Gasteiger partial charge in [0.15, 0.2) is 0 Å². The zero-order valence-corrected chi connectivity index (χ0v) is 19.6. The molecule has 0 aliphatic carbocycles. The summed E-state index contributed by atoms with van der Waals surface area (Å²) in [7, 11) is 0. The maximum atomic E-state index is 2.23. The third-order valence-electron chi connectivity index (χ3n) is 4.90. The Hall–Kier alpha value is -2.60. The van der Waals surface area contributed by atoms with E-state index in [0.29, 0.717) is 0 Å². The molecule has 29 heavy (non-hydrogen) atoms. The predicted molar refractivity (Wildman–Crippen MR) is 133 cm³/mol. The Bertz CT molecular complexity index is 876. The normalized spacial score (nSPS) is 10.1. The van der Waals surface area contributed by atoms with Crippen molar-refractivity contribution in [1.82, 2.24) is 0 Å². The van der Waals surface area contributed by atoms with Crippen molar-refractivity contribution in [2.24, 2.45) is 0 Å². The monoisotopic (exact) mass is 386 g/mol. The molecule has 0 atom stereocenters. The quantitative estimate of drug-likeness (QED) is 0.421. The summed E-state index contributed by atoms with van der Waals surface area (Å²) in [6.45, 7) is 16.8. The molecule has 0 amide bonds. The van der Waals surface area contributed by atoms with Gasteiger partial charge in [0.1, 0.15) is 0 Å². The second-order valence-corrected chi connectivity index (χ2v) is 7.18. The van der Waals surface area contributed by atoms with Crippen LogP contribution in [0, 0.1) is 27.7 Å². The van der Waals surface area contributed by atoms with E-state index < -0.39 is 0 Å². The maximum absolute atomic E-state index is 2.23. The number of aryl methyl sites for hydroxylation is 5. The first-order valence-corrected chi connectivity index (χ1v) is 10.8. The van der Waals surface area contributed by atoms with E-state index in [9.17, 15) is 0 Å².